The Hall–Kier alpha value is -2.42. The number of nitriles is 2. The summed E-state index contributed by atoms with van der Waals surface area (Å²) in [5.74, 6) is -0.449. The second kappa shape index (κ2) is 8.13. The quantitative estimate of drug-likeness (QED) is 0.736. The second-order valence-electron chi connectivity index (χ2n) is 4.53. The highest BCUT2D eigenvalue weighted by Crippen LogP contribution is 2.09. The Morgan fingerprint density at radius 1 is 1.18 bits per heavy atom. The zero-order valence-corrected chi connectivity index (χ0v) is 12.9. The molecule has 8 heteroatoms. The summed E-state index contributed by atoms with van der Waals surface area (Å²) < 4.78 is 26.3. The van der Waals surface area contributed by atoms with Crippen LogP contribution in [-0.2, 0) is 14.8 Å². The molecule has 0 fully saturated rings. The van der Waals surface area contributed by atoms with Gasteiger partial charge in [-0.15, -0.1) is 0 Å². The van der Waals surface area contributed by atoms with E-state index in [-0.39, 0.29) is 31.0 Å². The molecule has 0 aliphatic rings. The molecule has 1 amide bonds. The van der Waals surface area contributed by atoms with Crippen molar-refractivity contribution < 1.29 is 13.2 Å². The summed E-state index contributed by atoms with van der Waals surface area (Å²) in [5.41, 5.74) is 0.942. The van der Waals surface area contributed by atoms with Crippen molar-refractivity contribution in [1.29, 1.82) is 10.5 Å². The van der Waals surface area contributed by atoms with Crippen LogP contribution in [0.5, 0.6) is 0 Å². The van der Waals surface area contributed by atoms with Gasteiger partial charge in [-0.05, 0) is 19.1 Å². The molecular formula is C14H16N4O3S. The minimum absolute atomic E-state index is 0.0948. The highest BCUT2D eigenvalue weighted by molar-refractivity contribution is 7.89. The summed E-state index contributed by atoms with van der Waals surface area (Å²) in [6.45, 7) is 1.36. The fourth-order valence-corrected chi connectivity index (χ4v) is 2.69. The van der Waals surface area contributed by atoms with E-state index in [2.05, 4.69) is 4.72 Å². The maximum absolute atomic E-state index is 12.0. The molecule has 0 saturated carbocycles. The molecule has 0 atom stereocenters. The zero-order valence-electron chi connectivity index (χ0n) is 12.1. The van der Waals surface area contributed by atoms with Gasteiger partial charge in [0.15, 0.2) is 0 Å². The van der Waals surface area contributed by atoms with Crippen molar-refractivity contribution in [1.82, 2.24) is 9.62 Å². The van der Waals surface area contributed by atoms with Crippen LogP contribution in [0.2, 0.25) is 0 Å². The number of carbonyl (C=O) groups is 1. The smallest absolute Gasteiger partial charge is 0.240 e. The van der Waals surface area contributed by atoms with Gasteiger partial charge in [0, 0.05) is 13.0 Å². The molecule has 0 heterocycles. The van der Waals surface area contributed by atoms with Crippen LogP contribution < -0.4 is 4.72 Å². The first-order valence-electron chi connectivity index (χ1n) is 6.48. The van der Waals surface area contributed by atoms with E-state index in [0.717, 1.165) is 10.5 Å². The minimum Gasteiger partial charge on any atom is -0.316 e. The van der Waals surface area contributed by atoms with E-state index in [9.17, 15) is 13.2 Å². The molecule has 0 bridgehead atoms. The molecule has 116 valence electrons. The maximum atomic E-state index is 12.0. The van der Waals surface area contributed by atoms with E-state index in [1.54, 1.807) is 24.3 Å². The molecule has 0 radical (unpaired) electrons. The number of aryl methyl sites for hydroxylation is 1. The van der Waals surface area contributed by atoms with E-state index < -0.39 is 15.9 Å². The summed E-state index contributed by atoms with van der Waals surface area (Å²) in [6.07, 6.45) is -0.117. The van der Waals surface area contributed by atoms with Crippen molar-refractivity contribution in [2.24, 2.45) is 0 Å². The zero-order chi connectivity index (χ0) is 16.6. The topological polar surface area (TPSA) is 114 Å². The van der Waals surface area contributed by atoms with Gasteiger partial charge < -0.3 is 4.90 Å². The third kappa shape index (κ3) is 5.17. The Morgan fingerprint density at radius 3 is 2.23 bits per heavy atom. The van der Waals surface area contributed by atoms with E-state index in [4.69, 9.17) is 10.5 Å². The Balaban J connectivity index is 2.59. The van der Waals surface area contributed by atoms with Gasteiger partial charge in [0.1, 0.15) is 13.1 Å². The standard InChI is InChI=1S/C14H16N4O3S/c1-12-2-4-13(5-3-12)22(20,21)17-9-6-14(19)18(10-7-15)11-8-16/h2-5,17H,6,9-11H2,1H3. The maximum Gasteiger partial charge on any atom is 0.240 e. The lowest BCUT2D eigenvalue weighted by Crippen LogP contribution is -2.35. The number of hydrogen-bond donors (Lipinski definition) is 1. The van der Waals surface area contributed by atoms with E-state index in [0.29, 0.717) is 0 Å². The number of rotatable bonds is 7. The van der Waals surface area contributed by atoms with Crippen molar-refractivity contribution >= 4 is 15.9 Å². The summed E-state index contributed by atoms with van der Waals surface area (Å²) in [5, 5.41) is 17.1. The monoisotopic (exact) mass is 320 g/mol. The molecule has 0 unspecified atom stereocenters. The number of nitrogens with zero attached hydrogens (tertiary/aromatic N) is 3. The van der Waals surface area contributed by atoms with Crippen molar-refractivity contribution in [2.45, 2.75) is 18.2 Å². The first-order valence-corrected chi connectivity index (χ1v) is 7.97. The first-order chi connectivity index (χ1) is 10.4. The summed E-state index contributed by atoms with van der Waals surface area (Å²) in [6, 6.07) is 9.90. The fourth-order valence-electron chi connectivity index (χ4n) is 1.65. The van der Waals surface area contributed by atoms with Crippen molar-refractivity contribution in [3.8, 4) is 12.1 Å². The van der Waals surface area contributed by atoms with Gasteiger partial charge in [-0.1, -0.05) is 17.7 Å². The van der Waals surface area contributed by atoms with Gasteiger partial charge in [-0.2, -0.15) is 10.5 Å². The van der Waals surface area contributed by atoms with Crippen molar-refractivity contribution in [3.63, 3.8) is 0 Å². The predicted molar refractivity (Wildman–Crippen MR) is 78.8 cm³/mol. The molecule has 0 aromatic heterocycles. The lowest BCUT2D eigenvalue weighted by Gasteiger charge is -2.15. The molecule has 0 saturated heterocycles. The van der Waals surface area contributed by atoms with Gasteiger partial charge in [0.05, 0.1) is 17.0 Å². The Labute approximate surface area is 129 Å². The second-order valence-corrected chi connectivity index (χ2v) is 6.29. The average Bonchev–Trinajstić information content (AvgIpc) is 2.47. The minimum atomic E-state index is -3.67. The largest absolute Gasteiger partial charge is 0.316 e. The molecule has 1 rings (SSSR count). The Bertz CT molecular complexity index is 683. The number of nitrogens with one attached hydrogen (secondary N) is 1. The van der Waals surface area contributed by atoms with Crippen LogP contribution in [0.1, 0.15) is 12.0 Å². The molecule has 1 N–H and O–H groups in total. The Kier molecular flexibility index (Phi) is 6.51. The van der Waals surface area contributed by atoms with Crippen LogP contribution in [0.4, 0.5) is 0 Å². The average molecular weight is 320 g/mol. The normalized spacial score (nSPS) is 10.5. The van der Waals surface area contributed by atoms with Gasteiger partial charge in [0.25, 0.3) is 0 Å². The van der Waals surface area contributed by atoms with Crippen molar-refractivity contribution in [2.75, 3.05) is 19.6 Å². The van der Waals surface area contributed by atoms with Crippen LogP contribution in [-0.4, -0.2) is 38.9 Å². The van der Waals surface area contributed by atoms with E-state index >= 15 is 0 Å². The molecule has 1 aromatic rings. The van der Waals surface area contributed by atoms with Crippen LogP contribution in [0.3, 0.4) is 0 Å². The molecule has 22 heavy (non-hydrogen) atoms. The molecule has 0 aliphatic carbocycles. The van der Waals surface area contributed by atoms with Crippen LogP contribution in [0.25, 0.3) is 0 Å². The third-order valence-corrected chi connectivity index (χ3v) is 4.32. The number of carbonyl (C=O) groups excluding carboxylic acids is 1. The predicted octanol–water partition coefficient (Wildman–Crippen LogP) is 0.539. The molecule has 1 aromatic carbocycles. The van der Waals surface area contributed by atoms with Gasteiger partial charge in [0.2, 0.25) is 15.9 Å². The highest BCUT2D eigenvalue weighted by Gasteiger charge is 2.16. The Morgan fingerprint density at radius 2 is 1.73 bits per heavy atom. The number of hydrogen-bond acceptors (Lipinski definition) is 5. The van der Waals surface area contributed by atoms with E-state index in [1.807, 2.05) is 6.92 Å². The number of amides is 1. The van der Waals surface area contributed by atoms with Gasteiger partial charge >= 0.3 is 0 Å². The van der Waals surface area contributed by atoms with Crippen molar-refractivity contribution in [3.05, 3.63) is 29.8 Å². The lowest BCUT2D eigenvalue weighted by atomic mass is 10.2. The third-order valence-electron chi connectivity index (χ3n) is 2.84. The van der Waals surface area contributed by atoms with Gasteiger partial charge in [-0.3, -0.25) is 4.79 Å². The fraction of sp³-hybridized carbons (Fsp3) is 0.357. The van der Waals surface area contributed by atoms with E-state index in [1.165, 1.54) is 12.1 Å². The molecular weight excluding hydrogens is 304 g/mol. The molecule has 0 aliphatic heterocycles. The highest BCUT2D eigenvalue weighted by atomic mass is 32.2. The SMILES string of the molecule is Cc1ccc(S(=O)(=O)NCCC(=O)N(CC#N)CC#N)cc1. The number of sulfonamides is 1. The van der Waals surface area contributed by atoms with Crippen LogP contribution in [0, 0.1) is 29.6 Å². The van der Waals surface area contributed by atoms with Crippen LogP contribution in [0.15, 0.2) is 29.2 Å². The first kappa shape index (κ1) is 17.6. The van der Waals surface area contributed by atoms with Crippen LogP contribution >= 0.6 is 0 Å². The molecule has 7 nitrogen and oxygen atoms in total. The lowest BCUT2D eigenvalue weighted by molar-refractivity contribution is -0.129. The summed E-state index contributed by atoms with van der Waals surface area (Å²) in [4.78, 5) is 13.0. The summed E-state index contributed by atoms with van der Waals surface area (Å²) >= 11 is 0. The summed E-state index contributed by atoms with van der Waals surface area (Å²) in [7, 11) is -3.67. The van der Waals surface area contributed by atoms with Gasteiger partial charge in [-0.25, -0.2) is 13.1 Å². The molecule has 0 spiro atoms. The number of benzene rings is 1.